The minimum Gasteiger partial charge on any atom is -0.484 e. The maximum atomic E-state index is 12.0. The van der Waals surface area contributed by atoms with Crippen molar-refractivity contribution < 1.29 is 23.9 Å². The molecule has 1 heterocycles. The highest BCUT2D eigenvalue weighted by atomic mass is 16.5. The molecule has 0 atom stereocenters. The van der Waals surface area contributed by atoms with Crippen molar-refractivity contribution in [1.29, 1.82) is 0 Å². The molecular formula is C18H17N3O5. The van der Waals surface area contributed by atoms with Gasteiger partial charge < -0.3 is 25.4 Å². The first kappa shape index (κ1) is 17.3. The lowest BCUT2D eigenvalue weighted by atomic mass is 10.2. The van der Waals surface area contributed by atoms with Gasteiger partial charge in [-0.3, -0.25) is 14.4 Å². The van der Waals surface area contributed by atoms with E-state index < -0.39 is 0 Å². The van der Waals surface area contributed by atoms with E-state index in [1.807, 2.05) is 0 Å². The lowest BCUT2D eigenvalue weighted by molar-refractivity contribution is -0.119. The molecule has 2 aromatic rings. The molecule has 8 nitrogen and oxygen atoms in total. The third kappa shape index (κ3) is 4.50. The molecule has 0 aliphatic carbocycles. The molecule has 1 aliphatic heterocycles. The van der Waals surface area contributed by atoms with Gasteiger partial charge in [0, 0.05) is 24.4 Å². The van der Waals surface area contributed by atoms with E-state index in [4.69, 9.17) is 9.47 Å². The van der Waals surface area contributed by atoms with Crippen LogP contribution in [0.2, 0.25) is 0 Å². The second kappa shape index (κ2) is 7.56. The molecule has 2 aromatic carbocycles. The average molecular weight is 355 g/mol. The van der Waals surface area contributed by atoms with Gasteiger partial charge in [0.05, 0.1) is 5.69 Å². The third-order valence-corrected chi connectivity index (χ3v) is 3.44. The predicted octanol–water partition coefficient (Wildman–Crippen LogP) is 1.99. The highest BCUT2D eigenvalue weighted by Gasteiger charge is 2.16. The summed E-state index contributed by atoms with van der Waals surface area (Å²) in [5, 5.41) is 8.01. The van der Waals surface area contributed by atoms with Gasteiger partial charge in [-0.1, -0.05) is 0 Å². The molecule has 0 bridgehead atoms. The Hall–Kier alpha value is -3.55. The number of rotatable bonds is 5. The molecule has 0 radical (unpaired) electrons. The van der Waals surface area contributed by atoms with Crippen molar-refractivity contribution in [2.24, 2.45) is 0 Å². The van der Waals surface area contributed by atoms with Crippen LogP contribution in [0.25, 0.3) is 0 Å². The molecule has 0 fully saturated rings. The van der Waals surface area contributed by atoms with E-state index in [-0.39, 0.29) is 30.9 Å². The van der Waals surface area contributed by atoms with Gasteiger partial charge >= 0.3 is 0 Å². The number of hydrogen-bond acceptors (Lipinski definition) is 5. The number of anilines is 3. The summed E-state index contributed by atoms with van der Waals surface area (Å²) in [5.74, 6) is 0.249. The van der Waals surface area contributed by atoms with Gasteiger partial charge in [-0.05, 0) is 36.4 Å². The van der Waals surface area contributed by atoms with E-state index >= 15 is 0 Å². The highest BCUT2D eigenvalue weighted by Crippen LogP contribution is 2.31. The second-order valence-electron chi connectivity index (χ2n) is 5.59. The van der Waals surface area contributed by atoms with Crippen LogP contribution in [0.1, 0.15) is 6.92 Å². The van der Waals surface area contributed by atoms with E-state index in [2.05, 4.69) is 16.0 Å². The fourth-order valence-corrected chi connectivity index (χ4v) is 2.34. The van der Waals surface area contributed by atoms with E-state index in [1.165, 1.54) is 6.92 Å². The van der Waals surface area contributed by atoms with E-state index in [0.717, 1.165) is 0 Å². The minimum absolute atomic E-state index is 0.0175. The molecule has 3 amide bonds. The van der Waals surface area contributed by atoms with Crippen LogP contribution in [0.4, 0.5) is 17.1 Å². The number of nitrogens with one attached hydrogen (secondary N) is 3. The van der Waals surface area contributed by atoms with Gasteiger partial charge in [0.25, 0.3) is 11.8 Å². The van der Waals surface area contributed by atoms with E-state index in [9.17, 15) is 14.4 Å². The normalized spacial score (nSPS) is 12.3. The Labute approximate surface area is 149 Å². The summed E-state index contributed by atoms with van der Waals surface area (Å²) in [4.78, 5) is 34.3. The largest absolute Gasteiger partial charge is 0.484 e. The lowest BCUT2D eigenvalue weighted by Gasteiger charge is -2.18. The van der Waals surface area contributed by atoms with Gasteiger partial charge in [-0.15, -0.1) is 0 Å². The Balaban J connectivity index is 1.53. The molecule has 26 heavy (non-hydrogen) atoms. The summed E-state index contributed by atoms with van der Waals surface area (Å²) in [7, 11) is 0. The van der Waals surface area contributed by atoms with Crippen molar-refractivity contribution in [2.45, 2.75) is 6.92 Å². The lowest BCUT2D eigenvalue weighted by Crippen LogP contribution is -2.25. The summed E-state index contributed by atoms with van der Waals surface area (Å²) in [6, 6.07) is 11.6. The molecular weight excluding hydrogens is 338 g/mol. The summed E-state index contributed by atoms with van der Waals surface area (Å²) in [6.07, 6.45) is 0. The Bertz CT molecular complexity index is 848. The Morgan fingerprint density at radius 1 is 1.12 bits per heavy atom. The first-order valence-electron chi connectivity index (χ1n) is 7.86. The second-order valence-corrected chi connectivity index (χ2v) is 5.59. The van der Waals surface area contributed by atoms with Gasteiger partial charge in [0.15, 0.2) is 13.2 Å². The van der Waals surface area contributed by atoms with E-state index in [1.54, 1.807) is 42.5 Å². The number of benzene rings is 2. The minimum atomic E-state index is -0.338. The van der Waals surface area contributed by atoms with Crippen LogP contribution in [-0.4, -0.2) is 30.9 Å². The zero-order valence-corrected chi connectivity index (χ0v) is 14.0. The average Bonchev–Trinajstić information content (AvgIpc) is 2.61. The van der Waals surface area contributed by atoms with Gasteiger partial charge in [0.1, 0.15) is 11.5 Å². The van der Waals surface area contributed by atoms with Crippen LogP contribution in [0.3, 0.4) is 0 Å². The standard InChI is InChI=1S/C18H17N3O5/c1-11(22)19-12-2-4-13(5-3-12)20-17(23)9-25-14-6-7-16-15(8-14)21-18(24)10-26-16/h2-8H,9-10H2,1H3,(H,19,22)(H,20,23)(H,21,24). The van der Waals surface area contributed by atoms with Crippen molar-refractivity contribution in [3.05, 3.63) is 42.5 Å². The molecule has 134 valence electrons. The zero-order valence-electron chi connectivity index (χ0n) is 14.0. The van der Waals surface area contributed by atoms with Crippen LogP contribution in [0, 0.1) is 0 Å². The number of carbonyl (C=O) groups excluding carboxylic acids is 3. The molecule has 3 rings (SSSR count). The molecule has 3 N–H and O–H groups in total. The topological polar surface area (TPSA) is 106 Å². The SMILES string of the molecule is CC(=O)Nc1ccc(NC(=O)COc2ccc3c(c2)NC(=O)CO3)cc1. The predicted molar refractivity (Wildman–Crippen MR) is 95.4 cm³/mol. The zero-order chi connectivity index (χ0) is 18.5. The van der Waals surface area contributed by atoms with Crippen molar-refractivity contribution in [1.82, 2.24) is 0 Å². The third-order valence-electron chi connectivity index (χ3n) is 3.44. The number of amides is 3. The van der Waals surface area contributed by atoms with Crippen molar-refractivity contribution >= 4 is 34.8 Å². The number of fused-ring (bicyclic) bond motifs is 1. The quantitative estimate of drug-likeness (QED) is 0.761. The Morgan fingerprint density at radius 2 is 1.81 bits per heavy atom. The maximum Gasteiger partial charge on any atom is 0.262 e. The number of ether oxygens (including phenoxy) is 2. The fourth-order valence-electron chi connectivity index (χ4n) is 2.34. The summed E-state index contributed by atoms with van der Waals surface area (Å²) in [5.41, 5.74) is 1.73. The molecule has 8 heteroatoms. The van der Waals surface area contributed by atoms with E-state index in [0.29, 0.717) is 28.6 Å². The van der Waals surface area contributed by atoms with Crippen molar-refractivity contribution in [3.8, 4) is 11.5 Å². The number of carbonyl (C=O) groups is 3. The Morgan fingerprint density at radius 3 is 2.50 bits per heavy atom. The molecule has 0 unspecified atom stereocenters. The highest BCUT2D eigenvalue weighted by molar-refractivity contribution is 5.96. The van der Waals surface area contributed by atoms with Crippen LogP contribution >= 0.6 is 0 Å². The van der Waals surface area contributed by atoms with Crippen LogP contribution in [-0.2, 0) is 14.4 Å². The molecule has 0 saturated carbocycles. The Kier molecular flexibility index (Phi) is 5.02. The fraction of sp³-hybridized carbons (Fsp3) is 0.167. The molecule has 1 aliphatic rings. The van der Waals surface area contributed by atoms with Crippen LogP contribution < -0.4 is 25.4 Å². The molecule has 0 spiro atoms. The molecule has 0 aromatic heterocycles. The monoisotopic (exact) mass is 355 g/mol. The number of hydrogen-bond donors (Lipinski definition) is 3. The molecule has 0 saturated heterocycles. The summed E-state index contributed by atoms with van der Waals surface area (Å²) >= 11 is 0. The van der Waals surface area contributed by atoms with Gasteiger partial charge in [0.2, 0.25) is 5.91 Å². The summed E-state index contributed by atoms with van der Waals surface area (Å²) in [6.45, 7) is 1.21. The van der Waals surface area contributed by atoms with Crippen molar-refractivity contribution in [3.63, 3.8) is 0 Å². The van der Waals surface area contributed by atoms with Crippen molar-refractivity contribution in [2.75, 3.05) is 29.2 Å². The van der Waals surface area contributed by atoms with Gasteiger partial charge in [-0.25, -0.2) is 0 Å². The maximum absolute atomic E-state index is 12.0. The van der Waals surface area contributed by atoms with Crippen LogP contribution in [0.5, 0.6) is 11.5 Å². The summed E-state index contributed by atoms with van der Waals surface area (Å²) < 4.78 is 10.7. The van der Waals surface area contributed by atoms with Crippen LogP contribution in [0.15, 0.2) is 42.5 Å². The first-order valence-corrected chi connectivity index (χ1v) is 7.86. The van der Waals surface area contributed by atoms with Gasteiger partial charge in [-0.2, -0.15) is 0 Å². The smallest absolute Gasteiger partial charge is 0.262 e. The first-order chi connectivity index (χ1) is 12.5.